The Balaban J connectivity index is 1.88. The van der Waals surface area contributed by atoms with Crippen LogP contribution in [0.15, 0.2) is 17.4 Å². The molecule has 0 unspecified atom stereocenters. The average molecular weight is 308 g/mol. The molecule has 1 aliphatic heterocycles. The molecule has 6 heteroatoms. The summed E-state index contributed by atoms with van der Waals surface area (Å²) >= 11 is 1.54. The summed E-state index contributed by atoms with van der Waals surface area (Å²) in [6, 6.07) is 2.27. The Bertz CT molecular complexity index is 493. The molecule has 1 aliphatic rings. The number of aromatic nitrogens is 2. The van der Waals surface area contributed by atoms with Crippen LogP contribution in [0.1, 0.15) is 33.6 Å². The van der Waals surface area contributed by atoms with Gasteiger partial charge in [-0.1, -0.05) is 32.5 Å². The molecule has 1 amide bonds. The van der Waals surface area contributed by atoms with E-state index in [0.717, 1.165) is 36.9 Å². The fourth-order valence-electron chi connectivity index (χ4n) is 2.43. The first-order valence-corrected chi connectivity index (χ1v) is 8.55. The molecule has 0 aliphatic carbocycles. The van der Waals surface area contributed by atoms with E-state index in [2.05, 4.69) is 15.3 Å². The number of carbonyl (C=O) groups is 1. The van der Waals surface area contributed by atoms with Crippen molar-refractivity contribution in [1.29, 1.82) is 0 Å². The molecule has 2 heterocycles. The number of anilines is 1. The summed E-state index contributed by atoms with van der Waals surface area (Å²) in [5.41, 5.74) is -0.291. The van der Waals surface area contributed by atoms with Crippen molar-refractivity contribution in [2.24, 2.45) is 5.41 Å². The monoisotopic (exact) mass is 308 g/mol. The van der Waals surface area contributed by atoms with Gasteiger partial charge in [0.05, 0.1) is 0 Å². The molecule has 1 aromatic heterocycles. The maximum absolute atomic E-state index is 12.3. The fraction of sp³-hybridized carbons (Fsp3) is 0.667. The topological polar surface area (TPSA) is 58.1 Å². The molecule has 0 aromatic carbocycles. The Morgan fingerprint density at radius 1 is 1.38 bits per heavy atom. The van der Waals surface area contributed by atoms with E-state index in [-0.39, 0.29) is 11.3 Å². The van der Waals surface area contributed by atoms with Crippen molar-refractivity contribution in [3.05, 3.63) is 12.3 Å². The van der Waals surface area contributed by atoms with Gasteiger partial charge in [0.25, 0.3) is 0 Å². The molecule has 1 N–H and O–H groups in total. The number of hydrogen-bond acceptors (Lipinski definition) is 5. The van der Waals surface area contributed by atoms with Gasteiger partial charge in [0, 0.05) is 30.7 Å². The molecule has 116 valence electrons. The predicted octanol–water partition coefficient (Wildman–Crippen LogP) is 2.65. The lowest BCUT2D eigenvalue weighted by Crippen LogP contribution is -2.46. The van der Waals surface area contributed by atoms with Gasteiger partial charge in [-0.3, -0.25) is 4.79 Å². The van der Waals surface area contributed by atoms with Crippen LogP contribution in [0.3, 0.4) is 0 Å². The van der Waals surface area contributed by atoms with Gasteiger partial charge in [0.2, 0.25) is 5.91 Å². The highest BCUT2D eigenvalue weighted by molar-refractivity contribution is 7.98. The lowest BCUT2D eigenvalue weighted by atomic mass is 9.93. The maximum atomic E-state index is 12.3. The normalized spacial score (nSPS) is 16.9. The second-order valence-corrected chi connectivity index (χ2v) is 7.16. The first kappa shape index (κ1) is 16.1. The van der Waals surface area contributed by atoms with E-state index in [4.69, 9.17) is 0 Å². The Morgan fingerprint density at radius 3 is 2.62 bits per heavy atom. The third-order valence-corrected chi connectivity index (χ3v) is 4.15. The highest BCUT2D eigenvalue weighted by Crippen LogP contribution is 2.22. The predicted molar refractivity (Wildman–Crippen MR) is 86.5 cm³/mol. The third kappa shape index (κ3) is 4.33. The van der Waals surface area contributed by atoms with Crippen LogP contribution in [0.5, 0.6) is 0 Å². The van der Waals surface area contributed by atoms with E-state index >= 15 is 0 Å². The number of piperidine rings is 1. The van der Waals surface area contributed by atoms with Gasteiger partial charge < -0.3 is 10.2 Å². The molecular formula is C15H24N4OS. The van der Waals surface area contributed by atoms with Crippen LogP contribution < -0.4 is 5.32 Å². The molecule has 5 nitrogen and oxygen atoms in total. The van der Waals surface area contributed by atoms with Gasteiger partial charge in [-0.25, -0.2) is 9.97 Å². The van der Waals surface area contributed by atoms with E-state index in [1.165, 1.54) is 11.8 Å². The summed E-state index contributed by atoms with van der Waals surface area (Å²) in [5, 5.41) is 4.23. The molecule has 0 spiro atoms. The van der Waals surface area contributed by atoms with Crippen LogP contribution in [0.4, 0.5) is 5.82 Å². The summed E-state index contributed by atoms with van der Waals surface area (Å²) in [7, 11) is 0. The van der Waals surface area contributed by atoms with E-state index in [0.29, 0.717) is 6.04 Å². The van der Waals surface area contributed by atoms with Gasteiger partial charge in [0.15, 0.2) is 5.16 Å². The number of carbonyl (C=O) groups excluding carboxylic acids is 1. The molecule has 21 heavy (non-hydrogen) atoms. The van der Waals surface area contributed by atoms with Crippen molar-refractivity contribution in [2.75, 3.05) is 24.7 Å². The van der Waals surface area contributed by atoms with Crippen LogP contribution in [0.2, 0.25) is 0 Å². The number of hydrogen-bond donors (Lipinski definition) is 1. The lowest BCUT2D eigenvalue weighted by Gasteiger charge is -2.36. The minimum Gasteiger partial charge on any atom is -0.367 e. The van der Waals surface area contributed by atoms with Crippen LogP contribution in [0, 0.1) is 5.41 Å². The standard InChI is InChI=1S/C15H24N4OS/c1-15(2,3)13(20)19-9-6-11(7-10-19)17-12-5-8-16-14(18-12)21-4/h5,8,11H,6-7,9-10H2,1-4H3,(H,16,17,18). The summed E-state index contributed by atoms with van der Waals surface area (Å²) in [4.78, 5) is 22.8. The molecule has 0 atom stereocenters. The van der Waals surface area contributed by atoms with E-state index in [1.807, 2.05) is 38.0 Å². The molecule has 1 saturated heterocycles. The maximum Gasteiger partial charge on any atom is 0.227 e. The van der Waals surface area contributed by atoms with E-state index < -0.39 is 0 Å². The number of nitrogens with one attached hydrogen (secondary N) is 1. The first-order chi connectivity index (χ1) is 9.90. The Labute approximate surface area is 130 Å². The average Bonchev–Trinajstić information content (AvgIpc) is 2.46. The molecule has 1 aromatic rings. The Morgan fingerprint density at radius 2 is 2.05 bits per heavy atom. The number of likely N-dealkylation sites (tertiary alicyclic amines) is 1. The Kier molecular flexibility index (Phi) is 5.08. The van der Waals surface area contributed by atoms with Gasteiger partial charge >= 0.3 is 0 Å². The second kappa shape index (κ2) is 6.64. The Hall–Kier alpha value is -1.30. The van der Waals surface area contributed by atoms with E-state index in [1.54, 1.807) is 6.20 Å². The summed E-state index contributed by atoms with van der Waals surface area (Å²) in [6.45, 7) is 7.56. The number of nitrogens with zero attached hydrogens (tertiary/aromatic N) is 3. The van der Waals surface area contributed by atoms with Gasteiger partial charge in [-0.15, -0.1) is 0 Å². The van der Waals surface area contributed by atoms with Gasteiger partial charge in [-0.05, 0) is 25.2 Å². The van der Waals surface area contributed by atoms with Gasteiger partial charge in [-0.2, -0.15) is 0 Å². The van der Waals surface area contributed by atoms with E-state index in [9.17, 15) is 4.79 Å². The van der Waals surface area contributed by atoms with Crippen LogP contribution >= 0.6 is 11.8 Å². The van der Waals surface area contributed by atoms with Crippen molar-refractivity contribution in [3.8, 4) is 0 Å². The summed E-state index contributed by atoms with van der Waals surface area (Å²) < 4.78 is 0. The van der Waals surface area contributed by atoms with Crippen LogP contribution in [0.25, 0.3) is 0 Å². The smallest absolute Gasteiger partial charge is 0.227 e. The van der Waals surface area contributed by atoms with Crippen LogP contribution in [-0.2, 0) is 4.79 Å². The molecule has 0 bridgehead atoms. The molecule has 1 fully saturated rings. The van der Waals surface area contributed by atoms with Crippen molar-refractivity contribution in [2.45, 2.75) is 44.8 Å². The largest absolute Gasteiger partial charge is 0.367 e. The lowest BCUT2D eigenvalue weighted by molar-refractivity contribution is -0.140. The highest BCUT2D eigenvalue weighted by Gasteiger charge is 2.30. The van der Waals surface area contributed by atoms with Gasteiger partial charge in [0.1, 0.15) is 5.82 Å². The highest BCUT2D eigenvalue weighted by atomic mass is 32.2. The zero-order chi connectivity index (χ0) is 15.5. The summed E-state index contributed by atoms with van der Waals surface area (Å²) in [5.74, 6) is 1.11. The number of amides is 1. The van der Waals surface area contributed by atoms with Crippen molar-refractivity contribution < 1.29 is 4.79 Å². The number of rotatable bonds is 3. The summed E-state index contributed by atoms with van der Waals surface area (Å²) in [6.07, 6.45) is 5.66. The zero-order valence-corrected chi connectivity index (χ0v) is 14.0. The third-order valence-electron chi connectivity index (χ3n) is 3.59. The molecular weight excluding hydrogens is 284 g/mol. The van der Waals surface area contributed by atoms with Crippen molar-refractivity contribution in [3.63, 3.8) is 0 Å². The van der Waals surface area contributed by atoms with Crippen molar-refractivity contribution >= 4 is 23.5 Å². The minimum absolute atomic E-state index is 0.243. The van der Waals surface area contributed by atoms with Crippen molar-refractivity contribution in [1.82, 2.24) is 14.9 Å². The molecule has 0 radical (unpaired) electrons. The SMILES string of the molecule is CSc1nccc(NC2CCN(C(=O)C(C)(C)C)CC2)n1. The second-order valence-electron chi connectivity index (χ2n) is 6.39. The minimum atomic E-state index is -0.291. The fourth-order valence-corrected chi connectivity index (χ4v) is 2.79. The zero-order valence-electron chi connectivity index (χ0n) is 13.2. The quantitative estimate of drug-likeness (QED) is 0.687. The van der Waals surface area contributed by atoms with Crippen LogP contribution in [-0.4, -0.2) is 46.2 Å². The molecule has 0 saturated carbocycles. The first-order valence-electron chi connectivity index (χ1n) is 7.33. The number of thioether (sulfide) groups is 1. The molecule has 2 rings (SSSR count).